The number of aromatic nitrogens is 3. The number of fused-ring (bicyclic) bond motifs is 4. The Morgan fingerprint density at radius 2 is 0.962 bits per heavy atom. The molecule has 0 spiro atoms. The molecule has 10 rings (SSSR count). The fraction of sp³-hybridized carbons (Fsp3) is 0. The van der Waals surface area contributed by atoms with Crippen LogP contribution in [-0.2, 0) is 0 Å². The topological polar surface area (TPSA) is 25.5 Å². The molecule has 0 fully saturated rings. The standard InChI is InChI=1S/C49H34N4/c1-5-15-36(16-6-1)48-49(37-17-7-2-8-18-37)51-34-38(27-32-47(51)50-48)35-25-28-41(29-26-35)53-45-24-14-13-23-43(45)44-33-42(30-31-46(44)53)52(39-19-9-3-10-20-39)40-21-11-4-12-22-40/h1-34H. The summed E-state index contributed by atoms with van der Waals surface area (Å²) in [4.78, 5) is 7.43. The van der Waals surface area contributed by atoms with Gasteiger partial charge >= 0.3 is 0 Å². The lowest BCUT2D eigenvalue weighted by Gasteiger charge is -2.25. The fourth-order valence-electron chi connectivity index (χ4n) is 7.67. The van der Waals surface area contributed by atoms with E-state index in [4.69, 9.17) is 4.98 Å². The van der Waals surface area contributed by atoms with Crippen molar-refractivity contribution in [3.8, 4) is 39.3 Å². The molecule has 7 aromatic carbocycles. The Hall–Kier alpha value is -7.17. The summed E-state index contributed by atoms with van der Waals surface area (Å²) >= 11 is 0. The molecule has 0 unspecified atom stereocenters. The smallest absolute Gasteiger partial charge is 0.137 e. The van der Waals surface area contributed by atoms with Gasteiger partial charge in [-0.25, -0.2) is 4.98 Å². The first kappa shape index (κ1) is 30.6. The molecule has 250 valence electrons. The monoisotopic (exact) mass is 678 g/mol. The first-order valence-electron chi connectivity index (χ1n) is 18.0. The minimum atomic E-state index is 0.922. The number of nitrogens with zero attached hydrogens (tertiary/aromatic N) is 4. The van der Waals surface area contributed by atoms with Crippen LogP contribution in [0.5, 0.6) is 0 Å². The SMILES string of the molecule is c1ccc(-c2nc3ccc(-c4ccc(-n5c6ccccc6c6cc(N(c7ccccc7)c7ccccc7)ccc65)cc4)cn3c2-c2ccccc2)cc1. The van der Waals surface area contributed by atoms with Gasteiger partial charge in [0.1, 0.15) is 5.65 Å². The molecule has 10 aromatic rings. The van der Waals surface area contributed by atoms with E-state index >= 15 is 0 Å². The van der Waals surface area contributed by atoms with Crippen molar-refractivity contribution in [2.24, 2.45) is 0 Å². The Bertz CT molecular complexity index is 2820. The molecule has 3 aromatic heterocycles. The molecule has 0 aliphatic carbocycles. The van der Waals surface area contributed by atoms with Gasteiger partial charge in [-0.1, -0.05) is 127 Å². The van der Waals surface area contributed by atoms with Gasteiger partial charge in [0.25, 0.3) is 0 Å². The summed E-state index contributed by atoms with van der Waals surface area (Å²) in [5.74, 6) is 0. The maximum Gasteiger partial charge on any atom is 0.137 e. The van der Waals surface area contributed by atoms with E-state index in [1.54, 1.807) is 0 Å². The van der Waals surface area contributed by atoms with Gasteiger partial charge in [0.05, 0.1) is 22.4 Å². The van der Waals surface area contributed by atoms with Crippen molar-refractivity contribution >= 4 is 44.5 Å². The summed E-state index contributed by atoms with van der Waals surface area (Å²) in [6, 6.07) is 70.9. The third kappa shape index (κ3) is 5.36. The molecular formula is C49H34N4. The van der Waals surface area contributed by atoms with Gasteiger partial charge in [-0.05, 0) is 83.9 Å². The van der Waals surface area contributed by atoms with Crippen molar-refractivity contribution in [2.45, 2.75) is 0 Å². The predicted molar refractivity (Wildman–Crippen MR) is 221 cm³/mol. The molecule has 4 nitrogen and oxygen atoms in total. The van der Waals surface area contributed by atoms with E-state index in [1.807, 2.05) is 6.07 Å². The number of rotatable bonds is 7. The van der Waals surface area contributed by atoms with Gasteiger partial charge in [0.15, 0.2) is 0 Å². The van der Waals surface area contributed by atoms with E-state index in [0.29, 0.717) is 0 Å². The van der Waals surface area contributed by atoms with E-state index < -0.39 is 0 Å². The predicted octanol–water partition coefficient (Wildman–Crippen LogP) is 12.9. The van der Waals surface area contributed by atoms with Crippen molar-refractivity contribution in [1.29, 1.82) is 0 Å². The molecule has 4 heteroatoms. The molecule has 0 amide bonds. The quantitative estimate of drug-likeness (QED) is 0.168. The van der Waals surface area contributed by atoms with E-state index in [-0.39, 0.29) is 0 Å². The average molecular weight is 679 g/mol. The number of pyridine rings is 1. The zero-order valence-corrected chi connectivity index (χ0v) is 28.9. The Kier molecular flexibility index (Phi) is 7.43. The number of hydrogen-bond donors (Lipinski definition) is 0. The molecular weight excluding hydrogens is 645 g/mol. The molecule has 53 heavy (non-hydrogen) atoms. The second kappa shape index (κ2) is 12.9. The lowest BCUT2D eigenvalue weighted by molar-refractivity contribution is 1.17. The van der Waals surface area contributed by atoms with Crippen LogP contribution in [-0.4, -0.2) is 14.0 Å². The summed E-state index contributed by atoms with van der Waals surface area (Å²) in [6.45, 7) is 0. The molecule has 0 N–H and O–H groups in total. The molecule has 0 saturated heterocycles. The highest BCUT2D eigenvalue weighted by Gasteiger charge is 2.19. The normalized spacial score (nSPS) is 11.4. The third-order valence-electron chi connectivity index (χ3n) is 10.1. The third-order valence-corrected chi connectivity index (χ3v) is 10.1. The number of anilines is 3. The van der Waals surface area contributed by atoms with E-state index in [9.17, 15) is 0 Å². The van der Waals surface area contributed by atoms with Gasteiger partial charge in [0.2, 0.25) is 0 Å². The summed E-state index contributed by atoms with van der Waals surface area (Å²) in [5.41, 5.74) is 14.3. The largest absolute Gasteiger partial charge is 0.310 e. The molecule has 0 saturated carbocycles. The molecule has 3 heterocycles. The van der Waals surface area contributed by atoms with Gasteiger partial charge in [-0.15, -0.1) is 0 Å². The van der Waals surface area contributed by atoms with Gasteiger partial charge in [-0.3, -0.25) is 4.40 Å². The Labute approximate surface area is 308 Å². The van der Waals surface area contributed by atoms with E-state index in [2.05, 4.69) is 214 Å². The maximum absolute atomic E-state index is 5.11. The van der Waals surface area contributed by atoms with Crippen LogP contribution in [0.15, 0.2) is 206 Å². The molecule has 0 bridgehead atoms. The van der Waals surface area contributed by atoms with Crippen LogP contribution in [0, 0.1) is 0 Å². The van der Waals surface area contributed by atoms with Crippen LogP contribution in [0.3, 0.4) is 0 Å². The molecule has 0 atom stereocenters. The van der Waals surface area contributed by atoms with Crippen LogP contribution in [0.4, 0.5) is 17.1 Å². The Morgan fingerprint density at radius 3 is 1.64 bits per heavy atom. The molecule has 0 aliphatic rings. The molecule has 0 radical (unpaired) electrons. The van der Waals surface area contributed by atoms with Crippen molar-refractivity contribution < 1.29 is 0 Å². The first-order valence-corrected chi connectivity index (χ1v) is 18.0. The van der Waals surface area contributed by atoms with Crippen LogP contribution >= 0.6 is 0 Å². The number of hydrogen-bond acceptors (Lipinski definition) is 2. The lowest BCUT2D eigenvalue weighted by Crippen LogP contribution is -2.09. The van der Waals surface area contributed by atoms with Crippen molar-refractivity contribution in [3.05, 3.63) is 206 Å². The highest BCUT2D eigenvalue weighted by molar-refractivity contribution is 6.10. The highest BCUT2D eigenvalue weighted by atomic mass is 15.1. The van der Waals surface area contributed by atoms with Gasteiger partial charge < -0.3 is 9.47 Å². The highest BCUT2D eigenvalue weighted by Crippen LogP contribution is 2.40. The summed E-state index contributed by atoms with van der Waals surface area (Å²) < 4.78 is 4.62. The second-order valence-electron chi connectivity index (χ2n) is 13.3. The van der Waals surface area contributed by atoms with Gasteiger partial charge in [0, 0.05) is 50.8 Å². The minimum Gasteiger partial charge on any atom is -0.310 e. The number of para-hydroxylation sites is 3. The zero-order valence-electron chi connectivity index (χ0n) is 28.9. The average Bonchev–Trinajstić information content (AvgIpc) is 3.78. The van der Waals surface area contributed by atoms with Crippen LogP contribution in [0.2, 0.25) is 0 Å². The first-order chi connectivity index (χ1) is 26.3. The zero-order chi connectivity index (χ0) is 35.1. The maximum atomic E-state index is 5.11. The Balaban J connectivity index is 1.07. The summed E-state index contributed by atoms with van der Waals surface area (Å²) in [7, 11) is 0. The summed E-state index contributed by atoms with van der Waals surface area (Å²) in [5, 5.41) is 2.44. The van der Waals surface area contributed by atoms with Crippen LogP contribution < -0.4 is 4.90 Å². The lowest BCUT2D eigenvalue weighted by atomic mass is 10.0. The van der Waals surface area contributed by atoms with Crippen LogP contribution in [0.1, 0.15) is 0 Å². The summed E-state index contributed by atoms with van der Waals surface area (Å²) in [6.07, 6.45) is 2.22. The fourth-order valence-corrected chi connectivity index (χ4v) is 7.67. The van der Waals surface area contributed by atoms with Crippen molar-refractivity contribution in [2.75, 3.05) is 4.90 Å². The Morgan fingerprint density at radius 1 is 0.396 bits per heavy atom. The number of benzene rings is 7. The van der Waals surface area contributed by atoms with Crippen molar-refractivity contribution in [3.63, 3.8) is 0 Å². The van der Waals surface area contributed by atoms with Crippen molar-refractivity contribution in [1.82, 2.24) is 14.0 Å². The second-order valence-corrected chi connectivity index (χ2v) is 13.3. The molecule has 0 aliphatic heterocycles. The van der Waals surface area contributed by atoms with E-state index in [1.165, 1.54) is 21.8 Å². The number of imidazole rings is 1. The van der Waals surface area contributed by atoms with E-state index in [0.717, 1.165) is 62.0 Å². The van der Waals surface area contributed by atoms with Crippen LogP contribution in [0.25, 0.3) is 66.8 Å². The minimum absolute atomic E-state index is 0.922. The van der Waals surface area contributed by atoms with Gasteiger partial charge in [-0.2, -0.15) is 0 Å².